The minimum absolute atomic E-state index is 0.0731. The van der Waals surface area contributed by atoms with Crippen LogP contribution in [0.2, 0.25) is 18.1 Å². The van der Waals surface area contributed by atoms with Crippen LogP contribution in [0.15, 0.2) is 11.6 Å². The number of Topliss-reactive ketones (excluding diaryl/α,β-unsaturated/α-hetero) is 1. The molecule has 0 aromatic rings. The summed E-state index contributed by atoms with van der Waals surface area (Å²) in [6.45, 7) is 14.8. The van der Waals surface area contributed by atoms with E-state index in [1.807, 2.05) is 6.92 Å². The van der Waals surface area contributed by atoms with Crippen molar-refractivity contribution in [2.24, 2.45) is 11.8 Å². The Balaban J connectivity index is 2.05. The number of β-lactam (4-membered cyclic amide) rings is 1. The molecule has 136 valence electrons. The maximum atomic E-state index is 12.2. The van der Waals surface area contributed by atoms with Crippen molar-refractivity contribution < 1.29 is 14.0 Å². The van der Waals surface area contributed by atoms with Gasteiger partial charge in [0.2, 0.25) is 5.91 Å². The van der Waals surface area contributed by atoms with E-state index in [0.717, 1.165) is 19.3 Å². The van der Waals surface area contributed by atoms with Crippen LogP contribution in [0.3, 0.4) is 0 Å². The average molecular weight is 352 g/mol. The van der Waals surface area contributed by atoms with Gasteiger partial charge in [0.25, 0.3) is 0 Å². The van der Waals surface area contributed by atoms with Crippen LogP contribution in [0.25, 0.3) is 0 Å². The number of rotatable bonds is 5. The van der Waals surface area contributed by atoms with Gasteiger partial charge >= 0.3 is 0 Å². The lowest BCUT2D eigenvalue weighted by molar-refractivity contribution is -0.138. The number of ketones is 1. The summed E-state index contributed by atoms with van der Waals surface area (Å²) in [5.74, 6) is 0.429. The fourth-order valence-corrected chi connectivity index (χ4v) is 4.85. The lowest BCUT2D eigenvalue weighted by atomic mass is 9.76. The molecule has 4 nitrogen and oxygen atoms in total. The van der Waals surface area contributed by atoms with Gasteiger partial charge in [0, 0.05) is 5.92 Å². The third-order valence-corrected chi connectivity index (χ3v) is 10.7. The maximum absolute atomic E-state index is 12.2. The zero-order chi connectivity index (χ0) is 18.3. The second-order valence-corrected chi connectivity index (χ2v) is 13.7. The molecule has 1 fully saturated rings. The molecule has 1 saturated heterocycles. The van der Waals surface area contributed by atoms with Crippen LogP contribution in [0, 0.1) is 11.8 Å². The van der Waals surface area contributed by atoms with E-state index < -0.39 is 8.32 Å². The van der Waals surface area contributed by atoms with Crippen LogP contribution < -0.4 is 5.32 Å². The Hall–Kier alpha value is -0.943. The molecule has 24 heavy (non-hydrogen) atoms. The molecule has 0 radical (unpaired) electrons. The fourth-order valence-electron chi connectivity index (χ4n) is 3.42. The average Bonchev–Trinajstić information content (AvgIpc) is 2.42. The van der Waals surface area contributed by atoms with Crippen molar-refractivity contribution in [3.8, 4) is 0 Å². The maximum Gasteiger partial charge on any atom is 0.228 e. The molecule has 1 heterocycles. The Bertz CT molecular complexity index is 547. The van der Waals surface area contributed by atoms with E-state index in [2.05, 4.69) is 45.3 Å². The summed E-state index contributed by atoms with van der Waals surface area (Å²) in [6, 6.07) is 0.0881. The smallest absolute Gasteiger partial charge is 0.228 e. The lowest BCUT2D eigenvalue weighted by Crippen LogP contribution is -2.64. The number of carbonyl (C=O) groups is 2. The third-order valence-electron chi connectivity index (χ3n) is 6.17. The predicted molar refractivity (Wildman–Crippen MR) is 99.3 cm³/mol. The molecular formula is C19H33NO3Si. The molecule has 1 amide bonds. The third kappa shape index (κ3) is 3.83. The van der Waals surface area contributed by atoms with E-state index in [-0.39, 0.29) is 40.7 Å². The van der Waals surface area contributed by atoms with E-state index >= 15 is 0 Å². The summed E-state index contributed by atoms with van der Waals surface area (Å²) in [5.41, 5.74) is 1.28. The highest BCUT2D eigenvalue weighted by molar-refractivity contribution is 6.74. The van der Waals surface area contributed by atoms with E-state index in [0.29, 0.717) is 0 Å². The van der Waals surface area contributed by atoms with Gasteiger partial charge in [0.15, 0.2) is 8.32 Å². The molecule has 2 aliphatic rings. The van der Waals surface area contributed by atoms with Gasteiger partial charge in [-0.1, -0.05) is 32.4 Å². The second kappa shape index (κ2) is 6.75. The van der Waals surface area contributed by atoms with Crippen molar-refractivity contribution in [1.82, 2.24) is 5.32 Å². The van der Waals surface area contributed by atoms with Gasteiger partial charge < -0.3 is 9.74 Å². The van der Waals surface area contributed by atoms with Gasteiger partial charge in [0.05, 0.1) is 18.1 Å². The number of amides is 1. The number of nitrogens with one attached hydrogen (secondary N) is 1. The van der Waals surface area contributed by atoms with Gasteiger partial charge in [-0.3, -0.25) is 9.59 Å². The van der Waals surface area contributed by atoms with Crippen LogP contribution in [0.5, 0.6) is 0 Å². The van der Waals surface area contributed by atoms with Crippen LogP contribution in [-0.2, 0) is 14.0 Å². The Labute approximate surface area is 147 Å². The Morgan fingerprint density at radius 2 is 2.00 bits per heavy atom. The molecule has 1 aliphatic carbocycles. The SMILES string of the molecule is CC(=O)C1CC=C([C@H]2NC(=O)[C@@H]2C(C)O[Si](C)(C)C(C)(C)C)CC1. The first kappa shape index (κ1) is 19.4. The minimum Gasteiger partial charge on any atom is -0.413 e. The van der Waals surface area contributed by atoms with Crippen LogP contribution in [0.1, 0.15) is 53.9 Å². The van der Waals surface area contributed by atoms with Gasteiger partial charge in [-0.25, -0.2) is 0 Å². The molecular weight excluding hydrogens is 318 g/mol. The molecule has 0 bridgehead atoms. The van der Waals surface area contributed by atoms with E-state index in [1.54, 1.807) is 6.92 Å². The molecule has 0 aromatic carbocycles. The first-order chi connectivity index (χ1) is 10.9. The first-order valence-electron chi connectivity index (χ1n) is 9.11. The summed E-state index contributed by atoms with van der Waals surface area (Å²) in [6.07, 6.45) is 4.71. The van der Waals surface area contributed by atoms with E-state index in [9.17, 15) is 9.59 Å². The van der Waals surface area contributed by atoms with Crippen molar-refractivity contribution >= 4 is 20.0 Å². The summed E-state index contributed by atoms with van der Waals surface area (Å²) in [5, 5.41) is 3.19. The van der Waals surface area contributed by atoms with E-state index in [1.165, 1.54) is 5.57 Å². The van der Waals surface area contributed by atoms with Gasteiger partial charge in [-0.15, -0.1) is 0 Å². The summed E-state index contributed by atoms with van der Waals surface area (Å²) < 4.78 is 6.45. The highest BCUT2D eigenvalue weighted by Crippen LogP contribution is 2.40. The highest BCUT2D eigenvalue weighted by atomic mass is 28.4. The van der Waals surface area contributed by atoms with Crippen LogP contribution in [-0.4, -0.2) is 32.2 Å². The van der Waals surface area contributed by atoms with E-state index in [4.69, 9.17) is 4.43 Å². The predicted octanol–water partition coefficient (Wildman–Crippen LogP) is 3.83. The molecule has 1 N–H and O–H groups in total. The molecule has 0 saturated carbocycles. The number of carbonyl (C=O) groups excluding carboxylic acids is 2. The molecule has 1 aliphatic heterocycles. The van der Waals surface area contributed by atoms with Crippen molar-refractivity contribution in [1.29, 1.82) is 0 Å². The number of hydrogen-bond acceptors (Lipinski definition) is 3. The summed E-state index contributed by atoms with van der Waals surface area (Å²) in [7, 11) is -1.89. The lowest BCUT2D eigenvalue weighted by Gasteiger charge is -2.46. The monoisotopic (exact) mass is 351 g/mol. The topological polar surface area (TPSA) is 55.4 Å². The quantitative estimate of drug-likeness (QED) is 0.465. The van der Waals surface area contributed by atoms with Gasteiger partial charge in [-0.2, -0.15) is 0 Å². The zero-order valence-corrected chi connectivity index (χ0v) is 17.2. The number of allylic oxidation sites excluding steroid dienone is 1. The molecule has 0 aromatic heterocycles. The van der Waals surface area contributed by atoms with Crippen LogP contribution in [0.4, 0.5) is 0 Å². The Morgan fingerprint density at radius 1 is 1.38 bits per heavy atom. The zero-order valence-electron chi connectivity index (χ0n) is 16.2. The Kier molecular flexibility index (Phi) is 5.45. The second-order valence-electron chi connectivity index (χ2n) is 8.96. The summed E-state index contributed by atoms with van der Waals surface area (Å²) >= 11 is 0. The normalized spacial score (nSPS) is 29.4. The van der Waals surface area contributed by atoms with Crippen molar-refractivity contribution in [2.45, 2.75) is 84.2 Å². The van der Waals surface area contributed by atoms with Gasteiger partial charge in [-0.05, 0) is 51.2 Å². The molecule has 5 heteroatoms. The van der Waals surface area contributed by atoms with Crippen molar-refractivity contribution in [2.75, 3.05) is 0 Å². The molecule has 2 unspecified atom stereocenters. The van der Waals surface area contributed by atoms with Crippen molar-refractivity contribution in [3.63, 3.8) is 0 Å². The Morgan fingerprint density at radius 3 is 2.42 bits per heavy atom. The largest absolute Gasteiger partial charge is 0.413 e. The highest BCUT2D eigenvalue weighted by Gasteiger charge is 2.48. The number of hydrogen-bond donors (Lipinski definition) is 1. The molecule has 4 atom stereocenters. The van der Waals surface area contributed by atoms with Crippen molar-refractivity contribution in [3.05, 3.63) is 11.6 Å². The standard InChI is InChI=1S/C19H33NO3Si/c1-12(21)14-8-10-15(11-9-14)17-16(18(22)20-17)13(2)23-24(6,7)19(3,4)5/h10,13-14,16-17H,8-9,11H2,1-7H3,(H,20,22)/t13?,14?,16-,17-/m1/s1. The molecule has 2 rings (SSSR count). The first-order valence-corrected chi connectivity index (χ1v) is 12.0. The summed E-state index contributed by atoms with van der Waals surface area (Å²) in [4.78, 5) is 23.7. The van der Waals surface area contributed by atoms with Gasteiger partial charge in [0.1, 0.15) is 5.78 Å². The minimum atomic E-state index is -1.89. The van der Waals surface area contributed by atoms with Crippen LogP contribution >= 0.6 is 0 Å². The fraction of sp³-hybridized carbons (Fsp3) is 0.789. The molecule has 0 spiro atoms.